The number of ketones is 1. The smallest absolute Gasteiger partial charge is 0.219 e. The fourth-order valence-electron chi connectivity index (χ4n) is 2.53. The first kappa shape index (κ1) is 18.1. The maximum atomic E-state index is 13.6. The van der Waals surface area contributed by atoms with E-state index < -0.39 is 5.82 Å². The van der Waals surface area contributed by atoms with Crippen molar-refractivity contribution in [3.63, 3.8) is 0 Å². The molecule has 0 saturated heterocycles. The third kappa shape index (κ3) is 3.92. The highest BCUT2D eigenvalue weighted by Crippen LogP contribution is 2.27. The fourth-order valence-corrected chi connectivity index (χ4v) is 3.20. The molecule has 130 valence electrons. The van der Waals surface area contributed by atoms with Crippen molar-refractivity contribution in [3.8, 4) is 12.1 Å². The highest BCUT2D eigenvalue weighted by atomic mass is 32.1. The average Bonchev–Trinajstić information content (AvgIpc) is 3.22. The van der Waals surface area contributed by atoms with Crippen LogP contribution in [0, 0.1) is 28.5 Å². The van der Waals surface area contributed by atoms with Gasteiger partial charge in [-0.2, -0.15) is 10.5 Å². The molecule has 0 aliphatic carbocycles. The van der Waals surface area contributed by atoms with Crippen LogP contribution in [-0.2, 0) is 0 Å². The van der Waals surface area contributed by atoms with E-state index in [1.54, 1.807) is 60.1 Å². The van der Waals surface area contributed by atoms with Gasteiger partial charge in [0, 0.05) is 6.20 Å². The van der Waals surface area contributed by atoms with Crippen LogP contribution in [0.3, 0.4) is 0 Å². The molecule has 1 aromatic heterocycles. The first-order chi connectivity index (χ1) is 13.1. The SMILES string of the molecule is N#CC(C#N)=C1C=CC=CN1/C(=C/c1cccc(F)c1)C(=O)c1cccs1. The van der Waals surface area contributed by atoms with Gasteiger partial charge < -0.3 is 4.90 Å². The van der Waals surface area contributed by atoms with Crippen LogP contribution in [0.4, 0.5) is 4.39 Å². The van der Waals surface area contributed by atoms with Crippen molar-refractivity contribution in [2.45, 2.75) is 0 Å². The van der Waals surface area contributed by atoms with Crippen molar-refractivity contribution < 1.29 is 9.18 Å². The number of rotatable bonds is 4. The molecule has 0 bridgehead atoms. The summed E-state index contributed by atoms with van der Waals surface area (Å²) >= 11 is 1.28. The average molecular weight is 373 g/mol. The molecule has 0 saturated carbocycles. The van der Waals surface area contributed by atoms with Crippen LogP contribution in [-0.4, -0.2) is 10.7 Å². The Labute approximate surface area is 159 Å². The van der Waals surface area contributed by atoms with Crippen LogP contribution in [0.15, 0.2) is 83.2 Å². The monoisotopic (exact) mass is 373 g/mol. The summed E-state index contributed by atoms with van der Waals surface area (Å²) in [5.41, 5.74) is 0.865. The minimum absolute atomic E-state index is 0.125. The van der Waals surface area contributed by atoms with Gasteiger partial charge in [0.1, 0.15) is 18.0 Å². The summed E-state index contributed by atoms with van der Waals surface area (Å²) in [7, 11) is 0. The van der Waals surface area contributed by atoms with E-state index in [0.29, 0.717) is 10.4 Å². The highest BCUT2D eigenvalue weighted by molar-refractivity contribution is 7.12. The lowest BCUT2D eigenvalue weighted by Gasteiger charge is -2.25. The van der Waals surface area contributed by atoms with Crippen LogP contribution < -0.4 is 0 Å². The third-order valence-corrected chi connectivity index (χ3v) is 4.60. The minimum atomic E-state index is -0.425. The second-order valence-electron chi connectivity index (χ2n) is 5.45. The number of nitriles is 2. The Bertz CT molecular complexity index is 1060. The van der Waals surface area contributed by atoms with E-state index in [4.69, 9.17) is 0 Å². The zero-order valence-electron chi connectivity index (χ0n) is 14.0. The molecule has 0 amide bonds. The molecular formula is C21H12FN3OS. The normalized spacial score (nSPS) is 13.2. The summed E-state index contributed by atoms with van der Waals surface area (Å²) in [5.74, 6) is -0.715. The molecular weight excluding hydrogens is 361 g/mol. The zero-order chi connectivity index (χ0) is 19.2. The number of nitrogens with zero attached hydrogens (tertiary/aromatic N) is 3. The van der Waals surface area contributed by atoms with E-state index in [0.717, 1.165) is 0 Å². The first-order valence-corrected chi connectivity index (χ1v) is 8.76. The number of hydrogen-bond acceptors (Lipinski definition) is 5. The quantitative estimate of drug-likeness (QED) is 0.439. The van der Waals surface area contributed by atoms with Crippen molar-refractivity contribution in [3.05, 3.63) is 99.4 Å². The lowest BCUT2D eigenvalue weighted by atomic mass is 10.1. The summed E-state index contributed by atoms with van der Waals surface area (Å²) in [5, 5.41) is 20.3. The van der Waals surface area contributed by atoms with E-state index in [-0.39, 0.29) is 22.8 Å². The Balaban J connectivity index is 2.18. The van der Waals surface area contributed by atoms with Crippen molar-refractivity contribution in [1.82, 2.24) is 4.90 Å². The fraction of sp³-hybridized carbons (Fsp3) is 0. The highest BCUT2D eigenvalue weighted by Gasteiger charge is 2.24. The molecule has 1 aliphatic heterocycles. The molecule has 0 radical (unpaired) electrons. The maximum Gasteiger partial charge on any atom is 0.219 e. The first-order valence-electron chi connectivity index (χ1n) is 7.88. The number of hydrogen-bond donors (Lipinski definition) is 0. The number of carbonyl (C=O) groups is 1. The number of halogens is 1. The van der Waals surface area contributed by atoms with E-state index in [9.17, 15) is 19.7 Å². The maximum absolute atomic E-state index is 13.6. The van der Waals surface area contributed by atoms with Gasteiger partial charge in [0.2, 0.25) is 5.78 Å². The van der Waals surface area contributed by atoms with Crippen LogP contribution in [0.5, 0.6) is 0 Å². The van der Waals surface area contributed by atoms with Gasteiger partial charge >= 0.3 is 0 Å². The molecule has 27 heavy (non-hydrogen) atoms. The number of thiophene rings is 1. The molecule has 0 N–H and O–H groups in total. The standard InChI is InChI=1S/C21H12FN3OS/c22-17-6-3-5-15(11-17)12-19(21(26)20-8-4-10-27-20)25-9-2-1-7-18(25)16(13-23)14-24/h1-12H/b19-12+. The minimum Gasteiger partial charge on any atom is -0.312 e. The van der Waals surface area contributed by atoms with E-state index in [1.165, 1.54) is 28.4 Å². The third-order valence-electron chi connectivity index (χ3n) is 3.73. The topological polar surface area (TPSA) is 67.9 Å². The lowest BCUT2D eigenvalue weighted by molar-refractivity contribution is 0.101. The van der Waals surface area contributed by atoms with Gasteiger partial charge in [-0.3, -0.25) is 4.79 Å². The van der Waals surface area contributed by atoms with E-state index in [1.807, 2.05) is 12.1 Å². The summed E-state index contributed by atoms with van der Waals surface area (Å²) in [4.78, 5) is 15.1. The summed E-state index contributed by atoms with van der Waals surface area (Å²) in [6.45, 7) is 0. The molecule has 0 spiro atoms. The van der Waals surface area contributed by atoms with Gasteiger partial charge in [-0.1, -0.05) is 24.3 Å². The predicted molar refractivity (Wildman–Crippen MR) is 101 cm³/mol. The van der Waals surface area contributed by atoms with Gasteiger partial charge in [-0.15, -0.1) is 11.3 Å². The van der Waals surface area contributed by atoms with Crippen LogP contribution >= 0.6 is 11.3 Å². The molecule has 0 fully saturated rings. The number of benzene rings is 1. The van der Waals surface area contributed by atoms with Gasteiger partial charge in [0.05, 0.1) is 16.3 Å². The van der Waals surface area contributed by atoms with E-state index in [2.05, 4.69) is 0 Å². The summed E-state index contributed by atoms with van der Waals surface area (Å²) in [6, 6.07) is 13.0. The summed E-state index contributed by atoms with van der Waals surface area (Å²) in [6.07, 6.45) is 8.09. The molecule has 0 unspecified atom stereocenters. The molecule has 6 heteroatoms. The van der Waals surface area contributed by atoms with Crippen LogP contribution in [0.2, 0.25) is 0 Å². The van der Waals surface area contributed by atoms with Crippen LogP contribution in [0.25, 0.3) is 6.08 Å². The van der Waals surface area contributed by atoms with Gasteiger partial charge in [-0.05, 0) is 47.4 Å². The van der Waals surface area contributed by atoms with Crippen molar-refractivity contribution in [2.24, 2.45) is 0 Å². The molecule has 1 aliphatic rings. The van der Waals surface area contributed by atoms with Crippen molar-refractivity contribution in [2.75, 3.05) is 0 Å². The second-order valence-corrected chi connectivity index (χ2v) is 6.39. The predicted octanol–water partition coefficient (Wildman–Crippen LogP) is 4.80. The molecule has 2 aromatic rings. The van der Waals surface area contributed by atoms with Gasteiger partial charge in [-0.25, -0.2) is 4.39 Å². The molecule has 4 nitrogen and oxygen atoms in total. The molecule has 1 aromatic carbocycles. The Kier molecular flexibility index (Phi) is 5.41. The summed E-state index contributed by atoms with van der Waals surface area (Å²) < 4.78 is 13.6. The number of carbonyl (C=O) groups excluding carboxylic acids is 1. The number of Topliss-reactive ketones (excluding diaryl/α,β-unsaturated/α-hetero) is 1. The van der Waals surface area contributed by atoms with Crippen molar-refractivity contribution in [1.29, 1.82) is 10.5 Å². The van der Waals surface area contributed by atoms with Crippen molar-refractivity contribution >= 4 is 23.2 Å². The molecule has 3 rings (SSSR count). The number of allylic oxidation sites excluding steroid dienone is 5. The zero-order valence-corrected chi connectivity index (χ0v) is 14.8. The van der Waals surface area contributed by atoms with Gasteiger partial charge in [0.15, 0.2) is 5.57 Å². The Morgan fingerprint density at radius 3 is 2.63 bits per heavy atom. The Morgan fingerprint density at radius 2 is 1.96 bits per heavy atom. The molecule has 0 atom stereocenters. The largest absolute Gasteiger partial charge is 0.312 e. The second kappa shape index (κ2) is 8.09. The van der Waals surface area contributed by atoms with Crippen LogP contribution in [0.1, 0.15) is 15.2 Å². The van der Waals surface area contributed by atoms with Gasteiger partial charge in [0.25, 0.3) is 0 Å². The lowest BCUT2D eigenvalue weighted by Crippen LogP contribution is -2.23. The molecule has 2 heterocycles. The Morgan fingerprint density at radius 1 is 1.15 bits per heavy atom. The van der Waals surface area contributed by atoms with E-state index >= 15 is 0 Å². The Hall–Kier alpha value is -3.74.